The molecule has 43 heavy (non-hydrogen) atoms. The number of ether oxygens (including phenoxy) is 1. The highest BCUT2D eigenvalue weighted by atomic mass is 16.5. The van der Waals surface area contributed by atoms with Crippen LogP contribution in [0.2, 0.25) is 0 Å². The van der Waals surface area contributed by atoms with Gasteiger partial charge in [0.15, 0.2) is 0 Å². The molecule has 2 fully saturated rings. The van der Waals surface area contributed by atoms with Gasteiger partial charge in [-0.25, -0.2) is 0 Å². The van der Waals surface area contributed by atoms with E-state index in [1.807, 2.05) is 11.0 Å². The molecule has 10 heteroatoms. The second-order valence-electron chi connectivity index (χ2n) is 13.6. The van der Waals surface area contributed by atoms with Gasteiger partial charge in [0.25, 0.3) is 5.91 Å². The Morgan fingerprint density at radius 1 is 0.837 bits per heavy atom. The molecule has 2 N–H and O–H groups in total. The zero-order valence-corrected chi connectivity index (χ0v) is 26.6. The van der Waals surface area contributed by atoms with E-state index >= 15 is 0 Å². The Balaban J connectivity index is 1.15. The van der Waals surface area contributed by atoms with Gasteiger partial charge in [0.05, 0.1) is 19.3 Å². The van der Waals surface area contributed by atoms with Crippen LogP contribution in [0.15, 0.2) is 35.4 Å². The predicted molar refractivity (Wildman–Crippen MR) is 164 cm³/mol. The van der Waals surface area contributed by atoms with E-state index in [1.165, 1.54) is 0 Å². The molecule has 0 saturated carbocycles. The lowest BCUT2D eigenvalue weighted by atomic mass is 9.92. The van der Waals surface area contributed by atoms with Crippen molar-refractivity contribution in [2.24, 2.45) is 5.92 Å². The minimum Gasteiger partial charge on any atom is -0.501 e. The van der Waals surface area contributed by atoms with Crippen molar-refractivity contribution in [1.29, 1.82) is 0 Å². The van der Waals surface area contributed by atoms with Gasteiger partial charge in [-0.1, -0.05) is 13.8 Å². The average molecular weight is 598 g/mol. The molecule has 238 valence electrons. The third-order valence-electron chi connectivity index (χ3n) is 10.0. The minimum atomic E-state index is -0.640. The summed E-state index contributed by atoms with van der Waals surface area (Å²) in [4.78, 5) is 47.4. The van der Waals surface area contributed by atoms with Gasteiger partial charge in [0, 0.05) is 99.2 Å². The molecule has 3 amide bonds. The number of nitrogens with one attached hydrogen (secondary N) is 1. The van der Waals surface area contributed by atoms with Crippen LogP contribution in [0.25, 0.3) is 0 Å². The highest BCUT2D eigenvalue weighted by Gasteiger charge is 2.40. The van der Waals surface area contributed by atoms with Gasteiger partial charge in [-0.2, -0.15) is 0 Å². The Labute approximate surface area is 256 Å². The van der Waals surface area contributed by atoms with E-state index in [0.717, 1.165) is 82.5 Å². The topological polar surface area (TPSA) is 106 Å². The van der Waals surface area contributed by atoms with Crippen LogP contribution >= 0.6 is 0 Å². The molecule has 5 aliphatic rings. The molecule has 0 aromatic rings. The van der Waals surface area contributed by atoms with E-state index < -0.39 is 6.10 Å². The monoisotopic (exact) mass is 597 g/mol. The zero-order valence-electron chi connectivity index (χ0n) is 26.6. The molecule has 0 radical (unpaired) electrons. The first kappa shape index (κ1) is 31.4. The smallest absolute Gasteiger partial charge is 0.250 e. The Morgan fingerprint density at radius 3 is 1.93 bits per heavy atom. The molecule has 1 unspecified atom stereocenters. The summed E-state index contributed by atoms with van der Waals surface area (Å²) in [6.45, 7) is 11.6. The van der Waals surface area contributed by atoms with Crippen molar-refractivity contribution in [2.75, 3.05) is 33.3 Å². The van der Waals surface area contributed by atoms with Crippen LogP contribution in [0, 0.1) is 5.92 Å². The molecule has 4 atom stereocenters. The number of piperidine rings is 2. The highest BCUT2D eigenvalue weighted by Crippen LogP contribution is 2.33. The number of hydrogen-bond donors (Lipinski definition) is 2. The Bertz CT molecular complexity index is 1150. The number of amides is 3. The minimum absolute atomic E-state index is 0.0120. The quantitative estimate of drug-likeness (QED) is 0.443. The van der Waals surface area contributed by atoms with Gasteiger partial charge < -0.3 is 34.8 Å². The summed E-state index contributed by atoms with van der Waals surface area (Å²) in [6, 6.07) is 0.301. The molecule has 0 aromatic heterocycles. The molecule has 0 aliphatic carbocycles. The van der Waals surface area contributed by atoms with Crippen LogP contribution in [0.1, 0.15) is 79.1 Å². The summed E-state index contributed by atoms with van der Waals surface area (Å²) in [7, 11) is 1.57. The van der Waals surface area contributed by atoms with Crippen LogP contribution in [0.4, 0.5) is 0 Å². The van der Waals surface area contributed by atoms with Crippen molar-refractivity contribution in [3.05, 3.63) is 35.4 Å². The lowest BCUT2D eigenvalue weighted by Gasteiger charge is -2.48. The van der Waals surface area contributed by atoms with Crippen molar-refractivity contribution < 1.29 is 24.2 Å². The highest BCUT2D eigenvalue weighted by molar-refractivity contribution is 5.90. The summed E-state index contributed by atoms with van der Waals surface area (Å²) < 4.78 is 5.33. The van der Waals surface area contributed by atoms with E-state index in [1.54, 1.807) is 26.2 Å². The van der Waals surface area contributed by atoms with E-state index in [-0.39, 0.29) is 47.9 Å². The molecule has 5 heterocycles. The average Bonchev–Trinajstić information content (AvgIpc) is 2.96. The first-order chi connectivity index (χ1) is 20.5. The predicted octanol–water partition coefficient (Wildman–Crippen LogP) is 2.75. The largest absolute Gasteiger partial charge is 0.501 e. The van der Waals surface area contributed by atoms with E-state index in [2.05, 4.69) is 40.8 Å². The van der Waals surface area contributed by atoms with Crippen LogP contribution in [0.3, 0.4) is 0 Å². The third-order valence-corrected chi connectivity index (χ3v) is 10.0. The number of aliphatic hydroxyl groups excluding tert-OH is 1. The Hall–Kier alpha value is -3.01. The summed E-state index contributed by atoms with van der Waals surface area (Å²) in [5, 5.41) is 13.5. The van der Waals surface area contributed by atoms with Crippen LogP contribution in [0.5, 0.6) is 0 Å². The van der Waals surface area contributed by atoms with Crippen molar-refractivity contribution in [1.82, 2.24) is 24.9 Å². The van der Waals surface area contributed by atoms with Gasteiger partial charge >= 0.3 is 0 Å². The number of methoxy groups -OCH3 is 1. The zero-order chi connectivity index (χ0) is 30.8. The van der Waals surface area contributed by atoms with Crippen molar-refractivity contribution >= 4 is 17.7 Å². The molecule has 0 spiro atoms. The summed E-state index contributed by atoms with van der Waals surface area (Å²) >= 11 is 0. The first-order valence-electron chi connectivity index (χ1n) is 16.3. The molecule has 10 nitrogen and oxygen atoms in total. The van der Waals surface area contributed by atoms with Crippen LogP contribution in [-0.4, -0.2) is 112 Å². The third kappa shape index (κ3) is 7.05. The number of likely N-dealkylation sites (tertiary alicyclic amines) is 2. The molecular weight excluding hydrogens is 546 g/mol. The standard InChI is InChI=1S/C33H51N5O5/c1-21(2)14-24-16-28(17-31(40)34-24)36-10-6-25(7-11-36)37-22(3)15-27(18-32(37)41)35-12-8-26(9-13-35)38-30(23(4)39)19-29(43-5)20-33(38)42/h17-18,20-26,30,39H,6-16,19H2,1-5H3,(H,34,40)/t22-,23+,24+,30?/m0/s1. The maximum atomic E-state index is 13.5. The summed E-state index contributed by atoms with van der Waals surface area (Å²) in [6.07, 6.45) is 11.2. The molecule has 5 aliphatic heterocycles. The van der Waals surface area contributed by atoms with Gasteiger partial charge in [0.2, 0.25) is 11.8 Å². The summed E-state index contributed by atoms with van der Waals surface area (Å²) in [5.74, 6) is 1.18. The van der Waals surface area contributed by atoms with Gasteiger partial charge in [-0.3, -0.25) is 14.4 Å². The number of carbonyl (C=O) groups is 3. The molecule has 0 bridgehead atoms. The fraction of sp³-hybridized carbons (Fsp3) is 0.727. The number of nitrogens with zero attached hydrogens (tertiary/aromatic N) is 4. The number of hydrogen-bond acceptors (Lipinski definition) is 7. The van der Waals surface area contributed by atoms with Crippen molar-refractivity contribution in [3.63, 3.8) is 0 Å². The molecule has 0 aromatic carbocycles. The van der Waals surface area contributed by atoms with E-state index in [4.69, 9.17) is 4.74 Å². The Kier molecular flexibility index (Phi) is 9.73. The van der Waals surface area contributed by atoms with E-state index in [0.29, 0.717) is 18.1 Å². The maximum absolute atomic E-state index is 13.5. The van der Waals surface area contributed by atoms with Crippen molar-refractivity contribution in [2.45, 2.75) is 115 Å². The number of carbonyl (C=O) groups excluding carboxylic acids is 3. The normalized spacial score (nSPS) is 29.0. The van der Waals surface area contributed by atoms with Crippen molar-refractivity contribution in [3.8, 4) is 0 Å². The maximum Gasteiger partial charge on any atom is 0.250 e. The fourth-order valence-corrected chi connectivity index (χ4v) is 7.94. The summed E-state index contributed by atoms with van der Waals surface area (Å²) in [5.41, 5.74) is 2.23. The second-order valence-corrected chi connectivity index (χ2v) is 13.6. The second kappa shape index (κ2) is 13.3. The molecular formula is C33H51N5O5. The number of rotatable bonds is 8. The Morgan fingerprint density at radius 2 is 1.40 bits per heavy atom. The lowest BCUT2D eigenvalue weighted by molar-refractivity contribution is -0.137. The SMILES string of the molecule is COC1=CC(=O)N(C2CCN(C3=CC(=O)N(C4CCN(C5=CC(=O)N[C@H](CC(C)C)C5)CC4)[C@@H](C)C3)CC2)C([C@@H](C)O)C1. The first-order valence-corrected chi connectivity index (χ1v) is 16.3. The fourth-order valence-electron chi connectivity index (χ4n) is 7.94. The molecule has 5 rings (SSSR count). The van der Waals surface area contributed by atoms with Gasteiger partial charge in [-0.15, -0.1) is 0 Å². The van der Waals surface area contributed by atoms with Crippen LogP contribution in [-0.2, 0) is 19.1 Å². The van der Waals surface area contributed by atoms with E-state index in [9.17, 15) is 19.5 Å². The van der Waals surface area contributed by atoms with Gasteiger partial charge in [-0.05, 0) is 51.9 Å². The molecule has 2 saturated heterocycles. The number of aliphatic hydroxyl groups is 1. The van der Waals surface area contributed by atoms with Crippen LogP contribution < -0.4 is 5.32 Å². The van der Waals surface area contributed by atoms with Gasteiger partial charge in [0.1, 0.15) is 5.76 Å². The lowest BCUT2D eigenvalue weighted by Crippen LogP contribution is -2.56.